The van der Waals surface area contributed by atoms with E-state index in [-0.39, 0.29) is 24.6 Å². The third kappa shape index (κ3) is 4.32. The summed E-state index contributed by atoms with van der Waals surface area (Å²) in [5, 5.41) is 8.86. The molecular formula is C15H19F2N3O3. The normalized spacial score (nSPS) is 18.9. The molecule has 0 unspecified atom stereocenters. The van der Waals surface area contributed by atoms with E-state index >= 15 is 0 Å². The summed E-state index contributed by atoms with van der Waals surface area (Å²) in [6, 6.07) is 6.77. The maximum Gasteiger partial charge on any atom is 0.358 e. The van der Waals surface area contributed by atoms with E-state index in [1.807, 2.05) is 5.43 Å². The SMILES string of the molecule is NN/C(C(=O)O)=C(\N)Oc1ccc(C2CCC(F)(F)CC2)cc1. The Balaban J connectivity index is 2.04. The lowest BCUT2D eigenvalue weighted by molar-refractivity contribution is -0.133. The second-order valence-electron chi connectivity index (χ2n) is 5.49. The van der Waals surface area contributed by atoms with Crippen LogP contribution in [0.1, 0.15) is 37.2 Å². The highest BCUT2D eigenvalue weighted by atomic mass is 19.3. The molecule has 2 rings (SSSR count). The number of alkyl halides is 2. The van der Waals surface area contributed by atoms with Gasteiger partial charge in [0.1, 0.15) is 5.75 Å². The Bertz CT molecular complexity index is 592. The Kier molecular flexibility index (Phi) is 5.05. The van der Waals surface area contributed by atoms with Crippen molar-refractivity contribution in [1.29, 1.82) is 0 Å². The Hall–Kier alpha value is -2.35. The number of nitrogens with one attached hydrogen (secondary N) is 1. The Morgan fingerprint density at radius 1 is 1.26 bits per heavy atom. The van der Waals surface area contributed by atoms with Crippen LogP contribution in [0.5, 0.6) is 5.75 Å². The molecule has 8 heteroatoms. The summed E-state index contributed by atoms with van der Waals surface area (Å²) < 4.78 is 31.6. The van der Waals surface area contributed by atoms with E-state index in [9.17, 15) is 13.6 Å². The van der Waals surface area contributed by atoms with Crippen LogP contribution in [0.2, 0.25) is 0 Å². The predicted octanol–water partition coefficient (Wildman–Crippen LogP) is 2.03. The summed E-state index contributed by atoms with van der Waals surface area (Å²) >= 11 is 0. The molecule has 1 fully saturated rings. The number of carboxylic acid groups (broad SMARTS) is 1. The summed E-state index contributed by atoms with van der Waals surface area (Å²) in [6.45, 7) is 0. The largest absolute Gasteiger partial charge is 0.476 e. The van der Waals surface area contributed by atoms with Crippen LogP contribution in [-0.4, -0.2) is 17.0 Å². The smallest absolute Gasteiger partial charge is 0.358 e. The minimum absolute atomic E-state index is 0.0943. The summed E-state index contributed by atoms with van der Waals surface area (Å²) in [5.74, 6) is 1.22. The molecule has 1 aliphatic rings. The van der Waals surface area contributed by atoms with Crippen LogP contribution in [0.4, 0.5) is 8.78 Å². The molecular weight excluding hydrogens is 308 g/mol. The molecule has 1 saturated carbocycles. The quantitative estimate of drug-likeness (QED) is 0.285. The van der Waals surface area contributed by atoms with Gasteiger partial charge in [0, 0.05) is 12.8 Å². The van der Waals surface area contributed by atoms with E-state index in [0.717, 1.165) is 5.56 Å². The fraction of sp³-hybridized carbons (Fsp3) is 0.400. The lowest BCUT2D eigenvalue weighted by atomic mass is 9.82. The number of ether oxygens (including phenoxy) is 1. The van der Waals surface area contributed by atoms with Crippen molar-refractivity contribution in [3.63, 3.8) is 0 Å². The zero-order chi connectivity index (χ0) is 17.0. The van der Waals surface area contributed by atoms with Gasteiger partial charge in [0.05, 0.1) is 0 Å². The first-order chi connectivity index (χ1) is 10.8. The van der Waals surface area contributed by atoms with Crippen molar-refractivity contribution in [2.24, 2.45) is 11.6 Å². The van der Waals surface area contributed by atoms with E-state index in [0.29, 0.717) is 18.6 Å². The molecule has 23 heavy (non-hydrogen) atoms. The molecule has 0 amide bonds. The molecule has 0 aromatic heterocycles. The third-order valence-electron chi connectivity index (χ3n) is 3.90. The number of hydrogen-bond donors (Lipinski definition) is 4. The van der Waals surface area contributed by atoms with Gasteiger partial charge in [-0.3, -0.25) is 5.84 Å². The summed E-state index contributed by atoms with van der Waals surface area (Å²) in [5.41, 5.74) is 7.97. The van der Waals surface area contributed by atoms with E-state index in [1.165, 1.54) is 0 Å². The molecule has 0 atom stereocenters. The summed E-state index contributed by atoms with van der Waals surface area (Å²) in [6.07, 6.45) is 0.677. The average Bonchev–Trinajstić information content (AvgIpc) is 2.48. The van der Waals surface area contributed by atoms with Crippen molar-refractivity contribution < 1.29 is 23.4 Å². The van der Waals surface area contributed by atoms with Crippen molar-refractivity contribution in [3.05, 3.63) is 41.4 Å². The first-order valence-electron chi connectivity index (χ1n) is 7.17. The number of carboxylic acids is 1. The number of carbonyl (C=O) groups is 1. The van der Waals surface area contributed by atoms with Crippen molar-refractivity contribution in [2.75, 3.05) is 0 Å². The third-order valence-corrected chi connectivity index (χ3v) is 3.90. The predicted molar refractivity (Wildman–Crippen MR) is 79.4 cm³/mol. The van der Waals surface area contributed by atoms with Crippen molar-refractivity contribution in [1.82, 2.24) is 5.43 Å². The van der Waals surface area contributed by atoms with E-state index in [1.54, 1.807) is 24.3 Å². The number of nitrogens with two attached hydrogens (primary N) is 2. The molecule has 1 aromatic rings. The molecule has 0 radical (unpaired) electrons. The first kappa shape index (κ1) is 17.0. The van der Waals surface area contributed by atoms with Crippen molar-refractivity contribution in [2.45, 2.75) is 37.5 Å². The number of hydrazine groups is 1. The molecule has 6 nitrogen and oxygen atoms in total. The summed E-state index contributed by atoms with van der Waals surface area (Å²) in [4.78, 5) is 10.9. The standard InChI is InChI=1S/C15H19F2N3O3/c16-15(17)7-5-10(6-8-15)9-1-3-11(4-2-9)23-13(18)12(20-19)14(21)22/h1-4,10,20H,5-8,18-19H2,(H,21,22)/b13-12+. The monoisotopic (exact) mass is 327 g/mol. The zero-order valence-electron chi connectivity index (χ0n) is 12.4. The first-order valence-corrected chi connectivity index (χ1v) is 7.17. The number of hydrogen-bond acceptors (Lipinski definition) is 5. The van der Waals surface area contributed by atoms with Crippen LogP contribution in [-0.2, 0) is 4.79 Å². The zero-order valence-corrected chi connectivity index (χ0v) is 12.4. The number of halogens is 2. The van der Waals surface area contributed by atoms with Crippen molar-refractivity contribution in [3.8, 4) is 5.75 Å². The molecule has 1 aromatic carbocycles. The Morgan fingerprint density at radius 2 is 1.83 bits per heavy atom. The van der Waals surface area contributed by atoms with Gasteiger partial charge in [-0.25, -0.2) is 13.6 Å². The van der Waals surface area contributed by atoms with Crippen LogP contribution in [0.25, 0.3) is 0 Å². The van der Waals surface area contributed by atoms with Crippen LogP contribution in [0.15, 0.2) is 35.8 Å². The molecule has 6 N–H and O–H groups in total. The maximum absolute atomic E-state index is 13.2. The maximum atomic E-state index is 13.2. The second-order valence-corrected chi connectivity index (χ2v) is 5.49. The molecule has 0 heterocycles. The fourth-order valence-corrected chi connectivity index (χ4v) is 2.60. The van der Waals surface area contributed by atoms with E-state index in [4.69, 9.17) is 21.4 Å². The Labute approximate surface area is 132 Å². The average molecular weight is 327 g/mol. The summed E-state index contributed by atoms with van der Waals surface area (Å²) in [7, 11) is 0. The Morgan fingerprint density at radius 3 is 2.30 bits per heavy atom. The molecule has 0 aliphatic heterocycles. The minimum Gasteiger partial charge on any atom is -0.476 e. The fourth-order valence-electron chi connectivity index (χ4n) is 2.60. The lowest BCUT2D eigenvalue weighted by Gasteiger charge is -2.28. The highest BCUT2D eigenvalue weighted by Gasteiger charge is 2.35. The topological polar surface area (TPSA) is 111 Å². The van der Waals surface area contributed by atoms with Crippen LogP contribution < -0.4 is 21.7 Å². The van der Waals surface area contributed by atoms with E-state index in [2.05, 4.69) is 0 Å². The van der Waals surface area contributed by atoms with Gasteiger partial charge in [-0.05, 0) is 36.5 Å². The molecule has 0 saturated heterocycles. The lowest BCUT2D eigenvalue weighted by Crippen LogP contribution is -2.31. The van der Waals surface area contributed by atoms with Gasteiger partial charge in [0.25, 0.3) is 0 Å². The number of rotatable bonds is 5. The minimum atomic E-state index is -2.55. The van der Waals surface area contributed by atoms with Gasteiger partial charge in [-0.2, -0.15) is 0 Å². The van der Waals surface area contributed by atoms with Crippen LogP contribution >= 0.6 is 0 Å². The van der Waals surface area contributed by atoms with Gasteiger partial charge in [0.15, 0.2) is 5.70 Å². The number of benzene rings is 1. The molecule has 0 spiro atoms. The second kappa shape index (κ2) is 6.82. The molecule has 1 aliphatic carbocycles. The molecule has 0 bridgehead atoms. The van der Waals surface area contributed by atoms with Crippen LogP contribution in [0.3, 0.4) is 0 Å². The highest BCUT2D eigenvalue weighted by Crippen LogP contribution is 2.41. The van der Waals surface area contributed by atoms with Gasteiger partial charge >= 0.3 is 5.97 Å². The van der Waals surface area contributed by atoms with Crippen molar-refractivity contribution >= 4 is 5.97 Å². The van der Waals surface area contributed by atoms with Crippen LogP contribution in [0, 0.1) is 0 Å². The van der Waals surface area contributed by atoms with Gasteiger partial charge < -0.3 is 21.0 Å². The van der Waals surface area contributed by atoms with Gasteiger partial charge in [0.2, 0.25) is 11.8 Å². The van der Waals surface area contributed by atoms with Gasteiger partial charge in [-0.1, -0.05) is 12.1 Å². The molecule has 126 valence electrons. The highest BCUT2D eigenvalue weighted by molar-refractivity contribution is 5.86. The number of aliphatic carboxylic acids is 1. The van der Waals surface area contributed by atoms with Gasteiger partial charge in [-0.15, -0.1) is 0 Å². The van der Waals surface area contributed by atoms with E-state index < -0.39 is 17.6 Å².